The summed E-state index contributed by atoms with van der Waals surface area (Å²) in [4.78, 5) is 17.4. The Labute approximate surface area is 204 Å². The summed E-state index contributed by atoms with van der Waals surface area (Å²) < 4.78 is 33.4. The Morgan fingerprint density at radius 3 is 2.51 bits per heavy atom. The van der Waals surface area contributed by atoms with Crippen LogP contribution >= 0.6 is 0 Å². The summed E-state index contributed by atoms with van der Waals surface area (Å²) in [5, 5.41) is 8.98. The number of aryl methyl sites for hydroxylation is 2. The van der Waals surface area contributed by atoms with E-state index in [4.69, 9.17) is 4.52 Å². The van der Waals surface area contributed by atoms with Gasteiger partial charge in [-0.15, -0.1) is 0 Å². The number of hydrogen-bond acceptors (Lipinski definition) is 6. The van der Waals surface area contributed by atoms with Crippen molar-refractivity contribution in [2.45, 2.75) is 31.6 Å². The number of carbonyl (C=O) groups is 1. The molecule has 1 amide bonds. The Morgan fingerprint density at radius 1 is 1.03 bits per heavy atom. The highest BCUT2D eigenvalue weighted by molar-refractivity contribution is 7.89. The van der Waals surface area contributed by atoms with Gasteiger partial charge in [-0.25, -0.2) is 8.42 Å². The van der Waals surface area contributed by atoms with E-state index in [0.29, 0.717) is 35.7 Å². The zero-order valence-electron chi connectivity index (χ0n) is 19.6. The lowest BCUT2D eigenvalue weighted by molar-refractivity contribution is -0.120. The fraction of sp³-hybridized carbons (Fsp3) is 0.269. The Morgan fingerprint density at radius 2 is 1.77 bits per heavy atom. The largest absolute Gasteiger partial charge is 0.339 e. The number of amides is 1. The van der Waals surface area contributed by atoms with Crippen molar-refractivity contribution in [1.29, 1.82) is 0 Å². The molecular weight excluding hydrogens is 464 g/mol. The van der Waals surface area contributed by atoms with Gasteiger partial charge in [0, 0.05) is 42.6 Å². The van der Waals surface area contributed by atoms with Crippen molar-refractivity contribution >= 4 is 32.4 Å². The lowest BCUT2D eigenvalue weighted by Crippen LogP contribution is -2.41. The molecular formula is C26H26N4O4S. The van der Waals surface area contributed by atoms with Crippen LogP contribution in [0, 0.1) is 19.8 Å². The molecule has 1 aromatic heterocycles. The van der Waals surface area contributed by atoms with Gasteiger partial charge in [0.15, 0.2) is 0 Å². The zero-order chi connectivity index (χ0) is 24.6. The van der Waals surface area contributed by atoms with E-state index in [-0.39, 0.29) is 29.8 Å². The Hall–Kier alpha value is -3.56. The lowest BCUT2D eigenvalue weighted by atomic mass is 9.97. The van der Waals surface area contributed by atoms with E-state index in [9.17, 15) is 13.2 Å². The van der Waals surface area contributed by atoms with Gasteiger partial charge in [0.05, 0.1) is 4.90 Å². The Bertz CT molecular complexity index is 1500. The molecule has 0 atom stereocenters. The van der Waals surface area contributed by atoms with Gasteiger partial charge in [-0.05, 0) is 42.8 Å². The normalized spacial score (nSPS) is 15.4. The highest BCUT2D eigenvalue weighted by Gasteiger charge is 2.33. The molecule has 3 aromatic carbocycles. The van der Waals surface area contributed by atoms with Crippen molar-refractivity contribution in [1.82, 2.24) is 14.4 Å². The first-order valence-corrected chi connectivity index (χ1v) is 13.0. The van der Waals surface area contributed by atoms with Gasteiger partial charge in [0.1, 0.15) is 0 Å². The minimum Gasteiger partial charge on any atom is -0.339 e. The standard InChI is InChI=1S/C26H26N4O4S/c1-17-10-11-21(25-27-18(2)34-29-25)16-24(17)35(32,33)30-14-12-20(13-15-30)26(31)28-23-9-5-7-19-6-3-4-8-22(19)23/h3-11,16,20H,12-15H2,1-2H3,(H,28,31). The third-order valence-corrected chi connectivity index (χ3v) is 8.50. The topological polar surface area (TPSA) is 105 Å². The van der Waals surface area contributed by atoms with Crippen LogP contribution in [0.3, 0.4) is 0 Å². The number of carbonyl (C=O) groups excluding carboxylic acids is 1. The fourth-order valence-corrected chi connectivity index (χ4v) is 6.22. The van der Waals surface area contributed by atoms with E-state index in [1.54, 1.807) is 32.0 Å². The number of piperidine rings is 1. The van der Waals surface area contributed by atoms with E-state index in [2.05, 4.69) is 15.5 Å². The number of aromatic nitrogens is 2. The number of fused-ring (bicyclic) bond motifs is 1. The first kappa shape index (κ1) is 23.2. The molecule has 0 spiro atoms. The monoisotopic (exact) mass is 490 g/mol. The smallest absolute Gasteiger partial charge is 0.243 e. The van der Waals surface area contributed by atoms with Gasteiger partial charge < -0.3 is 9.84 Å². The van der Waals surface area contributed by atoms with Crippen LogP contribution in [0.25, 0.3) is 22.2 Å². The molecule has 1 aliphatic heterocycles. The minimum absolute atomic E-state index is 0.0796. The van der Waals surface area contributed by atoms with Crippen molar-refractivity contribution in [3.05, 3.63) is 72.1 Å². The molecule has 1 aliphatic rings. The quantitative estimate of drug-likeness (QED) is 0.440. The molecule has 0 saturated carbocycles. The van der Waals surface area contributed by atoms with Crippen LogP contribution in [-0.2, 0) is 14.8 Å². The molecule has 1 N–H and O–H groups in total. The summed E-state index contributed by atoms with van der Waals surface area (Å²) in [7, 11) is -3.74. The number of nitrogens with zero attached hydrogens (tertiary/aromatic N) is 3. The number of benzene rings is 3. The molecule has 2 heterocycles. The molecule has 180 valence electrons. The number of sulfonamides is 1. The van der Waals surface area contributed by atoms with Crippen molar-refractivity contribution in [2.24, 2.45) is 5.92 Å². The highest BCUT2D eigenvalue weighted by atomic mass is 32.2. The summed E-state index contributed by atoms with van der Waals surface area (Å²) in [5.74, 6) is 0.427. The maximum Gasteiger partial charge on any atom is 0.243 e. The van der Waals surface area contributed by atoms with Gasteiger partial charge in [-0.1, -0.05) is 53.7 Å². The molecule has 5 rings (SSSR count). The maximum absolute atomic E-state index is 13.5. The van der Waals surface area contributed by atoms with Crippen molar-refractivity contribution in [2.75, 3.05) is 18.4 Å². The van der Waals surface area contributed by atoms with Crippen LogP contribution < -0.4 is 5.32 Å². The Kier molecular flexibility index (Phi) is 6.12. The van der Waals surface area contributed by atoms with Crippen LogP contribution in [0.1, 0.15) is 24.3 Å². The zero-order valence-corrected chi connectivity index (χ0v) is 20.4. The molecule has 8 nitrogen and oxygen atoms in total. The molecule has 0 radical (unpaired) electrons. The van der Waals surface area contributed by atoms with Gasteiger partial charge in [0.2, 0.25) is 27.6 Å². The SMILES string of the molecule is Cc1nc(-c2ccc(C)c(S(=O)(=O)N3CCC(C(=O)Nc4cccc5ccccc45)CC3)c2)no1. The molecule has 1 fully saturated rings. The highest BCUT2D eigenvalue weighted by Crippen LogP contribution is 2.30. The summed E-state index contributed by atoms with van der Waals surface area (Å²) >= 11 is 0. The number of anilines is 1. The molecule has 0 aliphatic carbocycles. The predicted octanol–water partition coefficient (Wildman–Crippen LogP) is 4.55. The van der Waals surface area contributed by atoms with Crippen LogP contribution in [0.5, 0.6) is 0 Å². The minimum atomic E-state index is -3.74. The molecule has 0 bridgehead atoms. The van der Waals surface area contributed by atoms with E-state index >= 15 is 0 Å². The average molecular weight is 491 g/mol. The third kappa shape index (κ3) is 4.56. The van der Waals surface area contributed by atoms with E-state index in [0.717, 1.165) is 16.5 Å². The second kappa shape index (κ2) is 9.24. The lowest BCUT2D eigenvalue weighted by Gasteiger charge is -2.31. The average Bonchev–Trinajstić information content (AvgIpc) is 3.30. The second-order valence-corrected chi connectivity index (χ2v) is 10.7. The van der Waals surface area contributed by atoms with Crippen molar-refractivity contribution < 1.29 is 17.7 Å². The van der Waals surface area contributed by atoms with Crippen LogP contribution in [0.15, 0.2) is 70.1 Å². The fourth-order valence-electron chi connectivity index (χ4n) is 4.50. The van der Waals surface area contributed by atoms with Gasteiger partial charge in [-0.2, -0.15) is 9.29 Å². The number of rotatable bonds is 5. The van der Waals surface area contributed by atoms with E-state index in [1.165, 1.54) is 4.31 Å². The maximum atomic E-state index is 13.5. The summed E-state index contributed by atoms with van der Waals surface area (Å²) in [5.41, 5.74) is 1.99. The van der Waals surface area contributed by atoms with Crippen molar-refractivity contribution in [3.8, 4) is 11.4 Å². The van der Waals surface area contributed by atoms with Crippen LogP contribution in [-0.4, -0.2) is 41.9 Å². The van der Waals surface area contributed by atoms with Gasteiger partial charge in [-0.3, -0.25) is 4.79 Å². The van der Waals surface area contributed by atoms with Gasteiger partial charge >= 0.3 is 0 Å². The summed E-state index contributed by atoms with van der Waals surface area (Å²) in [6, 6.07) is 18.8. The van der Waals surface area contributed by atoms with Crippen molar-refractivity contribution in [3.63, 3.8) is 0 Å². The first-order chi connectivity index (χ1) is 16.8. The summed E-state index contributed by atoms with van der Waals surface area (Å²) in [6.45, 7) is 4.01. The molecule has 1 saturated heterocycles. The molecule has 35 heavy (non-hydrogen) atoms. The molecule has 4 aromatic rings. The third-order valence-electron chi connectivity index (χ3n) is 6.46. The van der Waals surface area contributed by atoms with E-state index < -0.39 is 10.0 Å². The van der Waals surface area contributed by atoms with E-state index in [1.807, 2.05) is 42.5 Å². The Balaban J connectivity index is 1.29. The van der Waals surface area contributed by atoms with Crippen LogP contribution in [0.4, 0.5) is 5.69 Å². The second-order valence-electron chi connectivity index (χ2n) is 8.81. The van der Waals surface area contributed by atoms with Crippen LogP contribution in [0.2, 0.25) is 0 Å². The first-order valence-electron chi connectivity index (χ1n) is 11.5. The molecule has 0 unspecified atom stereocenters. The number of hydrogen-bond donors (Lipinski definition) is 1. The van der Waals surface area contributed by atoms with Gasteiger partial charge in [0.25, 0.3) is 0 Å². The molecule has 9 heteroatoms. The predicted molar refractivity (Wildman–Crippen MR) is 133 cm³/mol. The number of nitrogens with one attached hydrogen (secondary N) is 1. The summed E-state index contributed by atoms with van der Waals surface area (Å²) in [6.07, 6.45) is 0.914.